The van der Waals surface area contributed by atoms with Gasteiger partial charge in [-0.25, -0.2) is 0 Å². The smallest absolute Gasteiger partial charge is 0.338 e. The number of piperidine rings is 2. The minimum Gasteiger partial charge on any atom is -0.338 e. The standard InChI is InChI=1S/C21H23F3N4O2/c1-26-18(8-10-25-26)20(30)28-11-2-3-15-13-27(12-9-17(15)28)19(29)14-4-6-16(7-5-14)21(22,23)24/h4-8,10,15,17H,2-3,9,11-13H2,1H3/t15-,17+/m1/s1. The molecule has 160 valence electrons. The van der Waals surface area contributed by atoms with Gasteiger partial charge in [-0.1, -0.05) is 0 Å². The number of likely N-dealkylation sites (tertiary alicyclic amines) is 2. The number of hydrogen-bond acceptors (Lipinski definition) is 3. The van der Waals surface area contributed by atoms with Crippen LogP contribution in [0, 0.1) is 5.92 Å². The summed E-state index contributed by atoms with van der Waals surface area (Å²) in [5.41, 5.74) is 0.0216. The quantitative estimate of drug-likeness (QED) is 0.750. The van der Waals surface area contributed by atoms with Crippen LogP contribution in [0.5, 0.6) is 0 Å². The molecule has 30 heavy (non-hydrogen) atoms. The molecule has 9 heteroatoms. The van der Waals surface area contributed by atoms with Gasteiger partial charge in [-0.05, 0) is 55.5 Å². The van der Waals surface area contributed by atoms with Gasteiger partial charge in [0.2, 0.25) is 0 Å². The molecule has 0 saturated carbocycles. The maximum absolute atomic E-state index is 13.0. The molecule has 4 rings (SSSR count). The van der Waals surface area contributed by atoms with E-state index in [9.17, 15) is 22.8 Å². The number of fused-ring (bicyclic) bond motifs is 1. The summed E-state index contributed by atoms with van der Waals surface area (Å²) in [5.74, 6) is -0.160. The van der Waals surface area contributed by atoms with E-state index in [2.05, 4.69) is 5.10 Å². The lowest BCUT2D eigenvalue weighted by Gasteiger charge is -2.47. The summed E-state index contributed by atoms with van der Waals surface area (Å²) in [5, 5.41) is 4.07. The van der Waals surface area contributed by atoms with E-state index in [4.69, 9.17) is 0 Å². The first-order valence-corrected chi connectivity index (χ1v) is 10.0. The number of alkyl halides is 3. The molecule has 3 heterocycles. The van der Waals surface area contributed by atoms with Gasteiger partial charge < -0.3 is 9.80 Å². The van der Waals surface area contributed by atoms with Gasteiger partial charge in [-0.2, -0.15) is 18.3 Å². The van der Waals surface area contributed by atoms with Gasteiger partial charge in [-0.15, -0.1) is 0 Å². The molecule has 1 aromatic heterocycles. The van der Waals surface area contributed by atoms with Gasteiger partial charge in [0.15, 0.2) is 0 Å². The molecule has 2 atom stereocenters. The van der Waals surface area contributed by atoms with E-state index < -0.39 is 11.7 Å². The monoisotopic (exact) mass is 420 g/mol. The minimum atomic E-state index is -4.42. The zero-order valence-corrected chi connectivity index (χ0v) is 16.6. The fourth-order valence-electron chi connectivity index (χ4n) is 4.56. The molecule has 0 bridgehead atoms. The zero-order chi connectivity index (χ0) is 21.5. The number of nitrogens with zero attached hydrogens (tertiary/aromatic N) is 4. The van der Waals surface area contributed by atoms with Crippen molar-refractivity contribution in [3.8, 4) is 0 Å². The number of aryl methyl sites for hydroxylation is 1. The second-order valence-corrected chi connectivity index (χ2v) is 7.92. The molecule has 2 fully saturated rings. The maximum atomic E-state index is 13.0. The van der Waals surface area contributed by atoms with Gasteiger partial charge >= 0.3 is 6.18 Å². The number of carbonyl (C=O) groups is 2. The molecule has 0 unspecified atom stereocenters. The number of amides is 2. The Balaban J connectivity index is 1.45. The molecule has 2 saturated heterocycles. The highest BCUT2D eigenvalue weighted by atomic mass is 19.4. The summed E-state index contributed by atoms with van der Waals surface area (Å²) in [7, 11) is 1.74. The SMILES string of the molecule is Cn1nccc1C(=O)N1CCC[C@@H]2CN(C(=O)c3ccc(C(F)(F)F)cc3)CC[C@@H]21. The van der Waals surface area contributed by atoms with Gasteiger partial charge in [0.1, 0.15) is 5.69 Å². The first kappa shape index (κ1) is 20.4. The summed E-state index contributed by atoms with van der Waals surface area (Å²) in [6.45, 7) is 1.65. The average molecular weight is 420 g/mol. The second-order valence-electron chi connectivity index (χ2n) is 7.92. The van der Waals surface area contributed by atoms with Crippen molar-refractivity contribution in [2.45, 2.75) is 31.5 Å². The van der Waals surface area contributed by atoms with Crippen molar-refractivity contribution in [2.75, 3.05) is 19.6 Å². The summed E-state index contributed by atoms with van der Waals surface area (Å²) in [6.07, 6.45) is -0.407. The Labute approximate surface area is 172 Å². The Hall–Kier alpha value is -2.84. The lowest BCUT2D eigenvalue weighted by molar-refractivity contribution is -0.137. The van der Waals surface area contributed by atoms with Gasteiger partial charge in [0, 0.05) is 44.5 Å². The Morgan fingerprint density at radius 2 is 1.77 bits per heavy atom. The van der Waals surface area contributed by atoms with Crippen LogP contribution in [-0.2, 0) is 13.2 Å². The van der Waals surface area contributed by atoms with Crippen LogP contribution >= 0.6 is 0 Å². The Kier molecular flexibility index (Phi) is 5.29. The summed E-state index contributed by atoms with van der Waals surface area (Å²) in [4.78, 5) is 29.4. The van der Waals surface area contributed by atoms with Gasteiger partial charge in [0.25, 0.3) is 11.8 Å². The highest BCUT2D eigenvalue weighted by molar-refractivity contribution is 5.94. The minimum absolute atomic E-state index is 0.0489. The molecular formula is C21H23F3N4O2. The number of hydrogen-bond donors (Lipinski definition) is 0. The topological polar surface area (TPSA) is 58.4 Å². The summed E-state index contributed by atoms with van der Waals surface area (Å²) in [6, 6.07) is 6.10. The van der Waals surface area contributed by atoms with E-state index in [1.807, 2.05) is 4.90 Å². The first-order valence-electron chi connectivity index (χ1n) is 10.0. The van der Waals surface area contributed by atoms with Gasteiger partial charge in [0.05, 0.1) is 5.56 Å². The fourth-order valence-corrected chi connectivity index (χ4v) is 4.56. The predicted molar refractivity (Wildman–Crippen MR) is 103 cm³/mol. The Morgan fingerprint density at radius 1 is 1.03 bits per heavy atom. The van der Waals surface area contributed by atoms with E-state index in [0.717, 1.165) is 25.0 Å². The number of halogens is 3. The van der Waals surface area contributed by atoms with E-state index in [1.54, 1.807) is 28.9 Å². The van der Waals surface area contributed by atoms with Crippen molar-refractivity contribution in [2.24, 2.45) is 13.0 Å². The van der Waals surface area contributed by atoms with Gasteiger partial charge in [-0.3, -0.25) is 14.3 Å². The third-order valence-corrected chi connectivity index (χ3v) is 6.12. The highest BCUT2D eigenvalue weighted by Gasteiger charge is 2.40. The molecule has 2 aromatic rings. The molecule has 2 aliphatic heterocycles. The van der Waals surface area contributed by atoms with Crippen LogP contribution < -0.4 is 0 Å². The molecule has 0 radical (unpaired) electrons. The van der Waals surface area contributed by atoms with Crippen LogP contribution in [0.15, 0.2) is 36.5 Å². The third kappa shape index (κ3) is 3.80. The average Bonchev–Trinajstić information content (AvgIpc) is 3.17. The number of carbonyl (C=O) groups excluding carboxylic acids is 2. The molecule has 2 aliphatic rings. The van der Waals surface area contributed by atoms with Crippen LogP contribution in [-0.4, -0.2) is 57.1 Å². The fraction of sp³-hybridized carbons (Fsp3) is 0.476. The normalized spacial score (nSPS) is 22.0. The van der Waals surface area contributed by atoms with Crippen molar-refractivity contribution in [3.63, 3.8) is 0 Å². The highest BCUT2D eigenvalue weighted by Crippen LogP contribution is 2.33. The third-order valence-electron chi connectivity index (χ3n) is 6.12. The molecule has 0 aliphatic carbocycles. The first-order chi connectivity index (χ1) is 14.3. The van der Waals surface area contributed by atoms with Crippen LogP contribution in [0.3, 0.4) is 0 Å². The summed E-state index contributed by atoms with van der Waals surface area (Å²) >= 11 is 0. The van der Waals surface area contributed by atoms with Crippen molar-refractivity contribution >= 4 is 11.8 Å². The van der Waals surface area contributed by atoms with Crippen LogP contribution in [0.1, 0.15) is 45.7 Å². The predicted octanol–water partition coefficient (Wildman–Crippen LogP) is 3.21. The zero-order valence-electron chi connectivity index (χ0n) is 16.6. The number of aromatic nitrogens is 2. The van der Waals surface area contributed by atoms with E-state index in [0.29, 0.717) is 31.7 Å². The van der Waals surface area contributed by atoms with Crippen molar-refractivity contribution in [3.05, 3.63) is 53.3 Å². The lowest BCUT2D eigenvalue weighted by Crippen LogP contribution is -2.56. The Morgan fingerprint density at radius 3 is 2.40 bits per heavy atom. The van der Waals surface area contributed by atoms with Crippen molar-refractivity contribution < 1.29 is 22.8 Å². The number of benzene rings is 1. The van der Waals surface area contributed by atoms with Crippen LogP contribution in [0.4, 0.5) is 13.2 Å². The van der Waals surface area contributed by atoms with Crippen molar-refractivity contribution in [1.29, 1.82) is 0 Å². The number of rotatable bonds is 2. The molecule has 1 aromatic carbocycles. The van der Waals surface area contributed by atoms with E-state index in [-0.39, 0.29) is 29.3 Å². The van der Waals surface area contributed by atoms with Crippen molar-refractivity contribution in [1.82, 2.24) is 19.6 Å². The summed E-state index contributed by atoms with van der Waals surface area (Å²) < 4.78 is 39.8. The van der Waals surface area contributed by atoms with E-state index in [1.165, 1.54) is 12.1 Å². The molecule has 2 amide bonds. The maximum Gasteiger partial charge on any atom is 0.416 e. The second kappa shape index (κ2) is 7.77. The lowest BCUT2D eigenvalue weighted by atomic mass is 9.83. The largest absolute Gasteiger partial charge is 0.416 e. The molecular weight excluding hydrogens is 397 g/mol. The molecule has 0 spiro atoms. The van der Waals surface area contributed by atoms with Crippen LogP contribution in [0.25, 0.3) is 0 Å². The van der Waals surface area contributed by atoms with Crippen LogP contribution in [0.2, 0.25) is 0 Å². The Bertz CT molecular complexity index is 938. The van der Waals surface area contributed by atoms with E-state index >= 15 is 0 Å². The molecule has 6 nitrogen and oxygen atoms in total. The molecule has 0 N–H and O–H groups in total.